The van der Waals surface area contributed by atoms with Crippen LogP contribution >= 0.6 is 0 Å². The van der Waals surface area contributed by atoms with Gasteiger partial charge in [-0.25, -0.2) is 13.1 Å². The number of nitrogens with one attached hydrogen (secondary N) is 1. The number of hydrogen-bond donors (Lipinski definition) is 1. The molecule has 118 valence electrons. The molecule has 0 aliphatic carbocycles. The van der Waals surface area contributed by atoms with E-state index in [-0.39, 0.29) is 10.9 Å². The maximum absolute atomic E-state index is 12.2. The fourth-order valence-corrected chi connectivity index (χ4v) is 3.34. The monoisotopic (exact) mass is 314 g/mol. The van der Waals surface area contributed by atoms with Crippen molar-refractivity contribution in [1.82, 2.24) is 9.62 Å². The van der Waals surface area contributed by atoms with E-state index in [0.717, 1.165) is 13.1 Å². The third-order valence-electron chi connectivity index (χ3n) is 3.61. The van der Waals surface area contributed by atoms with Crippen molar-refractivity contribution in [3.63, 3.8) is 0 Å². The number of nitrogens with zero attached hydrogens (tertiary/aromatic N) is 1. The zero-order chi connectivity index (χ0) is 15.3. The van der Waals surface area contributed by atoms with Gasteiger partial charge in [-0.1, -0.05) is 0 Å². The topological polar surface area (TPSA) is 67.9 Å². The highest BCUT2D eigenvalue weighted by Crippen LogP contribution is 2.15. The number of hydrogen-bond acceptors (Lipinski definition) is 5. The van der Waals surface area contributed by atoms with Gasteiger partial charge in [0.1, 0.15) is 5.75 Å². The smallest absolute Gasteiger partial charge is 0.240 e. The molecule has 1 aliphatic heterocycles. The summed E-state index contributed by atoms with van der Waals surface area (Å²) >= 11 is 0. The molecule has 1 aromatic carbocycles. The first-order valence-electron chi connectivity index (χ1n) is 6.98. The van der Waals surface area contributed by atoms with Gasteiger partial charge in [0, 0.05) is 25.7 Å². The van der Waals surface area contributed by atoms with Gasteiger partial charge in [-0.3, -0.25) is 4.90 Å². The normalized spacial score (nSPS) is 18.4. The van der Waals surface area contributed by atoms with Crippen molar-refractivity contribution in [3.05, 3.63) is 24.3 Å². The molecule has 7 heteroatoms. The van der Waals surface area contributed by atoms with Crippen molar-refractivity contribution in [1.29, 1.82) is 0 Å². The predicted octanol–water partition coefficient (Wildman–Crippen LogP) is 0.694. The quantitative estimate of drug-likeness (QED) is 0.837. The van der Waals surface area contributed by atoms with Crippen LogP contribution < -0.4 is 9.46 Å². The van der Waals surface area contributed by atoms with Gasteiger partial charge in [0.15, 0.2) is 0 Å². The van der Waals surface area contributed by atoms with Crippen LogP contribution in [0.4, 0.5) is 0 Å². The molecule has 2 rings (SSSR count). The molecule has 1 heterocycles. The zero-order valence-corrected chi connectivity index (χ0v) is 13.2. The van der Waals surface area contributed by atoms with Crippen LogP contribution in [0.3, 0.4) is 0 Å². The van der Waals surface area contributed by atoms with Crippen molar-refractivity contribution < 1.29 is 17.9 Å². The lowest BCUT2D eigenvalue weighted by Gasteiger charge is -2.32. The standard InChI is InChI=1S/C14H22N2O4S/c1-12(16-7-9-20-10-8-16)11-15-21(17,18)14-5-3-13(19-2)4-6-14/h3-6,12,15H,7-11H2,1-2H3/t12-/m0/s1. The van der Waals surface area contributed by atoms with E-state index in [1.54, 1.807) is 31.4 Å². The third-order valence-corrected chi connectivity index (χ3v) is 5.05. The number of rotatable bonds is 6. The Balaban J connectivity index is 1.93. The van der Waals surface area contributed by atoms with Gasteiger partial charge in [0.2, 0.25) is 10.0 Å². The third kappa shape index (κ3) is 4.41. The van der Waals surface area contributed by atoms with Gasteiger partial charge in [0.05, 0.1) is 25.2 Å². The highest BCUT2D eigenvalue weighted by atomic mass is 32.2. The maximum atomic E-state index is 12.2. The molecule has 1 aliphatic rings. The summed E-state index contributed by atoms with van der Waals surface area (Å²) in [5.74, 6) is 0.635. The van der Waals surface area contributed by atoms with E-state index in [4.69, 9.17) is 9.47 Å². The number of sulfonamides is 1. The van der Waals surface area contributed by atoms with Gasteiger partial charge >= 0.3 is 0 Å². The Hall–Kier alpha value is -1.15. The maximum Gasteiger partial charge on any atom is 0.240 e. The second-order valence-corrected chi connectivity index (χ2v) is 6.79. The van der Waals surface area contributed by atoms with Crippen LogP contribution in [-0.4, -0.2) is 59.3 Å². The van der Waals surface area contributed by atoms with E-state index in [1.165, 1.54) is 0 Å². The number of methoxy groups -OCH3 is 1. The van der Waals surface area contributed by atoms with E-state index in [1.807, 2.05) is 6.92 Å². The van der Waals surface area contributed by atoms with Crippen LogP contribution in [0.2, 0.25) is 0 Å². The number of ether oxygens (including phenoxy) is 2. The molecule has 0 amide bonds. The molecule has 1 fully saturated rings. The first kappa shape index (κ1) is 16.2. The van der Waals surface area contributed by atoms with Crippen molar-refractivity contribution in [3.8, 4) is 5.75 Å². The minimum atomic E-state index is -3.48. The molecule has 1 atom stereocenters. The van der Waals surface area contributed by atoms with Crippen LogP contribution in [0.5, 0.6) is 5.75 Å². The molecular weight excluding hydrogens is 292 g/mol. The van der Waals surface area contributed by atoms with Crippen LogP contribution in [0, 0.1) is 0 Å². The zero-order valence-electron chi connectivity index (χ0n) is 12.4. The number of morpholine rings is 1. The summed E-state index contributed by atoms with van der Waals surface area (Å²) in [4.78, 5) is 2.47. The highest BCUT2D eigenvalue weighted by Gasteiger charge is 2.20. The van der Waals surface area contributed by atoms with Crippen molar-refractivity contribution >= 4 is 10.0 Å². The lowest BCUT2D eigenvalue weighted by atomic mass is 10.2. The molecule has 0 unspecified atom stereocenters. The largest absolute Gasteiger partial charge is 0.497 e. The molecule has 0 saturated carbocycles. The van der Waals surface area contributed by atoms with Crippen molar-refractivity contribution in [2.24, 2.45) is 0 Å². The minimum absolute atomic E-state index is 0.141. The van der Waals surface area contributed by atoms with Gasteiger partial charge < -0.3 is 9.47 Å². The first-order chi connectivity index (χ1) is 10.0. The van der Waals surface area contributed by atoms with Crippen LogP contribution in [-0.2, 0) is 14.8 Å². The SMILES string of the molecule is COc1ccc(S(=O)(=O)NC[C@H](C)N2CCOCC2)cc1. The molecule has 0 bridgehead atoms. The van der Waals surface area contributed by atoms with E-state index in [0.29, 0.717) is 25.5 Å². The molecule has 6 nitrogen and oxygen atoms in total. The average Bonchev–Trinajstić information content (AvgIpc) is 2.53. The molecule has 1 aromatic rings. The van der Waals surface area contributed by atoms with E-state index in [9.17, 15) is 8.42 Å². The second-order valence-electron chi connectivity index (χ2n) is 5.02. The fraction of sp³-hybridized carbons (Fsp3) is 0.571. The Morgan fingerprint density at radius 1 is 1.29 bits per heavy atom. The molecular formula is C14H22N2O4S. The molecule has 0 spiro atoms. The molecule has 1 N–H and O–H groups in total. The van der Waals surface area contributed by atoms with Crippen LogP contribution in [0.25, 0.3) is 0 Å². The highest BCUT2D eigenvalue weighted by molar-refractivity contribution is 7.89. The Morgan fingerprint density at radius 3 is 2.48 bits per heavy atom. The summed E-state index contributed by atoms with van der Waals surface area (Å²) < 4.78 is 37.4. The Morgan fingerprint density at radius 2 is 1.90 bits per heavy atom. The van der Waals surface area contributed by atoms with Gasteiger partial charge in [-0.15, -0.1) is 0 Å². The Bertz CT molecular complexity index is 539. The van der Waals surface area contributed by atoms with E-state index >= 15 is 0 Å². The van der Waals surface area contributed by atoms with Gasteiger partial charge in [-0.2, -0.15) is 0 Å². The summed E-state index contributed by atoms with van der Waals surface area (Å²) in [7, 11) is -1.94. The summed E-state index contributed by atoms with van der Waals surface area (Å²) in [6.07, 6.45) is 0. The van der Waals surface area contributed by atoms with Crippen molar-refractivity contribution in [2.45, 2.75) is 17.9 Å². The lowest BCUT2D eigenvalue weighted by molar-refractivity contribution is 0.0213. The first-order valence-corrected chi connectivity index (χ1v) is 8.47. The minimum Gasteiger partial charge on any atom is -0.497 e. The predicted molar refractivity (Wildman–Crippen MR) is 80.0 cm³/mol. The molecule has 0 aromatic heterocycles. The van der Waals surface area contributed by atoms with E-state index < -0.39 is 10.0 Å². The fourth-order valence-electron chi connectivity index (χ4n) is 2.22. The second kappa shape index (κ2) is 7.22. The van der Waals surface area contributed by atoms with Gasteiger partial charge in [-0.05, 0) is 31.2 Å². The van der Waals surface area contributed by atoms with E-state index in [2.05, 4.69) is 9.62 Å². The summed E-state index contributed by atoms with van der Waals surface area (Å²) in [6, 6.07) is 6.50. The van der Waals surface area contributed by atoms with Crippen molar-refractivity contribution in [2.75, 3.05) is 40.0 Å². The summed E-state index contributed by atoms with van der Waals surface area (Å²) in [6.45, 7) is 5.48. The average molecular weight is 314 g/mol. The summed E-state index contributed by atoms with van der Waals surface area (Å²) in [5, 5.41) is 0. The lowest BCUT2D eigenvalue weighted by Crippen LogP contribution is -2.47. The molecule has 0 radical (unpaired) electrons. The molecule has 21 heavy (non-hydrogen) atoms. The summed E-state index contributed by atoms with van der Waals surface area (Å²) in [5.41, 5.74) is 0. The number of benzene rings is 1. The van der Waals surface area contributed by atoms with Gasteiger partial charge in [0.25, 0.3) is 0 Å². The molecule has 1 saturated heterocycles. The Labute approximate surface area is 126 Å². The van der Waals surface area contributed by atoms with Crippen LogP contribution in [0.15, 0.2) is 29.2 Å². The Kier molecular flexibility index (Phi) is 5.58. The van der Waals surface area contributed by atoms with Crippen LogP contribution in [0.1, 0.15) is 6.92 Å².